The molecule has 2 aromatic carbocycles. The van der Waals surface area contributed by atoms with Crippen LogP contribution in [0.25, 0.3) is 0 Å². The molecule has 0 unspecified atom stereocenters. The number of allylic oxidation sites excluding steroid dienone is 1. The molecule has 5 nitrogen and oxygen atoms in total. The molecule has 0 radical (unpaired) electrons. The fourth-order valence-corrected chi connectivity index (χ4v) is 2.68. The SMILES string of the molecule is C/C=C/COc1ccccc1/C=N/NS(=O)(=O)c1ccc(C)cc1. The van der Waals surface area contributed by atoms with Crippen molar-refractivity contribution in [3.05, 3.63) is 71.8 Å². The van der Waals surface area contributed by atoms with E-state index in [9.17, 15) is 8.42 Å². The summed E-state index contributed by atoms with van der Waals surface area (Å²) in [5, 5.41) is 3.84. The van der Waals surface area contributed by atoms with Gasteiger partial charge in [-0.3, -0.25) is 0 Å². The predicted molar refractivity (Wildman–Crippen MR) is 95.8 cm³/mol. The highest BCUT2D eigenvalue weighted by atomic mass is 32.2. The average Bonchev–Trinajstić information content (AvgIpc) is 2.57. The minimum atomic E-state index is -3.68. The second-order valence-corrected chi connectivity index (χ2v) is 6.74. The van der Waals surface area contributed by atoms with Crippen LogP contribution in [0.3, 0.4) is 0 Å². The molecule has 126 valence electrons. The summed E-state index contributed by atoms with van der Waals surface area (Å²) in [7, 11) is -3.68. The highest BCUT2D eigenvalue weighted by Gasteiger charge is 2.11. The van der Waals surface area contributed by atoms with Gasteiger partial charge in [0.25, 0.3) is 10.0 Å². The fraction of sp³-hybridized carbons (Fsp3) is 0.167. The molecule has 0 saturated heterocycles. The van der Waals surface area contributed by atoms with Gasteiger partial charge in [-0.05, 0) is 38.1 Å². The number of rotatable bonds is 7. The lowest BCUT2D eigenvalue weighted by Gasteiger charge is -2.07. The smallest absolute Gasteiger partial charge is 0.276 e. The van der Waals surface area contributed by atoms with Crippen LogP contribution in [-0.4, -0.2) is 21.2 Å². The van der Waals surface area contributed by atoms with Crippen molar-refractivity contribution in [3.8, 4) is 5.75 Å². The third kappa shape index (κ3) is 4.96. The van der Waals surface area contributed by atoms with E-state index in [4.69, 9.17) is 4.74 Å². The summed E-state index contributed by atoms with van der Waals surface area (Å²) in [6, 6.07) is 13.8. The first-order valence-corrected chi connectivity index (χ1v) is 8.96. The maximum atomic E-state index is 12.2. The van der Waals surface area contributed by atoms with Gasteiger partial charge in [-0.15, -0.1) is 0 Å². The molecule has 0 saturated carbocycles. The molecule has 0 atom stereocenters. The highest BCUT2D eigenvalue weighted by molar-refractivity contribution is 7.89. The van der Waals surface area contributed by atoms with E-state index in [2.05, 4.69) is 9.93 Å². The Morgan fingerprint density at radius 2 is 1.83 bits per heavy atom. The van der Waals surface area contributed by atoms with Crippen molar-refractivity contribution in [1.29, 1.82) is 0 Å². The number of aryl methyl sites for hydroxylation is 1. The Hall–Kier alpha value is -2.60. The third-order valence-electron chi connectivity index (χ3n) is 3.20. The number of hydrazone groups is 1. The maximum absolute atomic E-state index is 12.2. The third-order valence-corrected chi connectivity index (χ3v) is 4.44. The molecule has 0 aliphatic rings. The molecule has 0 fully saturated rings. The van der Waals surface area contributed by atoms with Crippen molar-refractivity contribution in [1.82, 2.24) is 4.83 Å². The minimum Gasteiger partial charge on any atom is -0.489 e. The number of nitrogens with one attached hydrogen (secondary N) is 1. The molecule has 0 aromatic heterocycles. The van der Waals surface area contributed by atoms with Crippen LogP contribution in [0.1, 0.15) is 18.1 Å². The van der Waals surface area contributed by atoms with Gasteiger partial charge in [-0.1, -0.05) is 42.0 Å². The molecule has 1 N–H and O–H groups in total. The molecule has 2 rings (SSSR count). The lowest BCUT2D eigenvalue weighted by atomic mass is 10.2. The van der Waals surface area contributed by atoms with E-state index in [-0.39, 0.29) is 4.90 Å². The Bertz CT molecular complexity index is 826. The van der Waals surface area contributed by atoms with Crippen molar-refractivity contribution in [2.75, 3.05) is 6.61 Å². The molecule has 0 heterocycles. The minimum absolute atomic E-state index is 0.169. The molecular weight excluding hydrogens is 324 g/mol. The first kappa shape index (κ1) is 17.7. The second kappa shape index (κ2) is 8.31. The van der Waals surface area contributed by atoms with Gasteiger partial charge in [0, 0.05) is 5.56 Å². The van der Waals surface area contributed by atoms with Crippen molar-refractivity contribution in [2.24, 2.45) is 5.10 Å². The zero-order valence-electron chi connectivity index (χ0n) is 13.6. The topological polar surface area (TPSA) is 67.8 Å². The zero-order valence-corrected chi connectivity index (χ0v) is 14.5. The molecule has 2 aromatic rings. The van der Waals surface area contributed by atoms with Crippen molar-refractivity contribution >= 4 is 16.2 Å². The zero-order chi connectivity index (χ0) is 17.4. The molecule has 0 amide bonds. The highest BCUT2D eigenvalue weighted by Crippen LogP contribution is 2.16. The molecular formula is C18H20N2O3S. The van der Waals surface area contributed by atoms with Crippen molar-refractivity contribution in [3.63, 3.8) is 0 Å². The summed E-state index contributed by atoms with van der Waals surface area (Å²) in [5.74, 6) is 0.633. The Balaban J connectivity index is 2.10. The van der Waals surface area contributed by atoms with E-state index in [1.54, 1.807) is 36.4 Å². The Morgan fingerprint density at radius 3 is 2.54 bits per heavy atom. The van der Waals surface area contributed by atoms with Gasteiger partial charge < -0.3 is 4.74 Å². The molecule has 24 heavy (non-hydrogen) atoms. The quantitative estimate of drug-likeness (QED) is 0.476. The van der Waals surface area contributed by atoms with Gasteiger partial charge in [0.05, 0.1) is 11.1 Å². The fourth-order valence-electron chi connectivity index (χ4n) is 1.89. The number of sulfonamides is 1. The van der Waals surface area contributed by atoms with E-state index < -0.39 is 10.0 Å². The summed E-state index contributed by atoms with van der Waals surface area (Å²) in [4.78, 5) is 2.38. The van der Waals surface area contributed by atoms with Crippen molar-refractivity contribution < 1.29 is 13.2 Å². The standard InChI is InChI=1S/C18H20N2O3S/c1-3-4-13-23-18-8-6-5-7-16(18)14-19-20-24(21,22)17-11-9-15(2)10-12-17/h3-12,14,20H,13H2,1-2H3/b4-3+,19-14+. The van der Waals surface area contributed by atoms with Gasteiger partial charge >= 0.3 is 0 Å². The van der Waals surface area contributed by atoms with Crippen LogP contribution in [0.2, 0.25) is 0 Å². The van der Waals surface area contributed by atoms with Gasteiger partial charge in [0.2, 0.25) is 0 Å². The lowest BCUT2D eigenvalue weighted by molar-refractivity contribution is 0.362. The second-order valence-electron chi connectivity index (χ2n) is 5.08. The van der Waals surface area contributed by atoms with Gasteiger partial charge in [-0.25, -0.2) is 4.83 Å². The van der Waals surface area contributed by atoms with Gasteiger partial charge in [0.1, 0.15) is 12.4 Å². The van der Waals surface area contributed by atoms with Crippen LogP contribution in [0.5, 0.6) is 5.75 Å². The van der Waals surface area contributed by atoms with E-state index >= 15 is 0 Å². The Kier molecular flexibility index (Phi) is 6.14. The van der Waals surface area contributed by atoms with Crippen LogP contribution in [0.15, 0.2) is 70.7 Å². The first-order chi connectivity index (χ1) is 11.5. The number of ether oxygens (including phenoxy) is 1. The summed E-state index contributed by atoms with van der Waals surface area (Å²) in [6.07, 6.45) is 5.21. The Morgan fingerprint density at radius 1 is 1.12 bits per heavy atom. The van der Waals surface area contributed by atoms with Crippen LogP contribution in [-0.2, 0) is 10.0 Å². The van der Waals surface area contributed by atoms with E-state index in [0.717, 1.165) is 5.56 Å². The lowest BCUT2D eigenvalue weighted by Crippen LogP contribution is -2.18. The molecule has 0 aliphatic carbocycles. The number of nitrogens with zero attached hydrogens (tertiary/aromatic N) is 1. The summed E-state index contributed by atoms with van der Waals surface area (Å²) in [6.45, 7) is 4.25. The van der Waals surface area contributed by atoms with E-state index in [0.29, 0.717) is 17.9 Å². The number of hydrogen-bond donors (Lipinski definition) is 1. The van der Waals surface area contributed by atoms with Crippen LogP contribution >= 0.6 is 0 Å². The van der Waals surface area contributed by atoms with Gasteiger partial charge in [0.15, 0.2) is 0 Å². The van der Waals surface area contributed by atoms with Crippen molar-refractivity contribution in [2.45, 2.75) is 18.7 Å². The molecule has 0 aliphatic heterocycles. The average molecular weight is 344 g/mol. The predicted octanol–water partition coefficient (Wildman–Crippen LogP) is 3.26. The molecule has 6 heteroatoms. The summed E-state index contributed by atoms with van der Waals surface area (Å²) in [5.41, 5.74) is 1.68. The number of benzene rings is 2. The maximum Gasteiger partial charge on any atom is 0.276 e. The monoisotopic (exact) mass is 344 g/mol. The molecule has 0 spiro atoms. The summed E-state index contributed by atoms with van der Waals surface area (Å²) >= 11 is 0. The number of hydrogen-bond acceptors (Lipinski definition) is 4. The first-order valence-electron chi connectivity index (χ1n) is 7.47. The normalized spacial score (nSPS) is 11.9. The number of para-hydroxylation sites is 1. The molecule has 0 bridgehead atoms. The van der Waals surface area contributed by atoms with Gasteiger partial charge in [-0.2, -0.15) is 13.5 Å². The van der Waals surface area contributed by atoms with E-state index in [1.165, 1.54) is 6.21 Å². The Labute approximate surface area is 142 Å². The van der Waals surface area contributed by atoms with E-state index in [1.807, 2.05) is 38.1 Å². The van der Waals surface area contributed by atoms with Crippen LogP contribution in [0.4, 0.5) is 0 Å². The summed E-state index contributed by atoms with van der Waals surface area (Å²) < 4.78 is 29.9. The van der Waals surface area contributed by atoms with Crippen LogP contribution in [0, 0.1) is 6.92 Å². The largest absolute Gasteiger partial charge is 0.489 e. The van der Waals surface area contributed by atoms with Crippen LogP contribution < -0.4 is 9.57 Å².